The Bertz CT molecular complexity index is 869. The molecule has 0 heterocycles. The Labute approximate surface area is 144 Å². The lowest BCUT2D eigenvalue weighted by atomic mass is 10.0. The fraction of sp³-hybridized carbons (Fsp3) is 0.0476. The molecule has 0 amide bonds. The number of Topliss-reactive ketones (excluding diaryl/α,β-unsaturated/α-hetero) is 1. The van der Waals surface area contributed by atoms with E-state index in [-0.39, 0.29) is 24.0 Å². The largest absolute Gasteiger partial charge is 0.485 e. The number of halogens is 1. The summed E-state index contributed by atoms with van der Waals surface area (Å²) in [7, 11) is 0. The zero-order chi connectivity index (χ0) is 17.6. The van der Waals surface area contributed by atoms with Gasteiger partial charge in [0.15, 0.2) is 18.2 Å². The van der Waals surface area contributed by atoms with Gasteiger partial charge >= 0.3 is 0 Å². The first-order valence-electron chi connectivity index (χ1n) is 7.75. The second kappa shape index (κ2) is 7.53. The summed E-state index contributed by atoms with van der Waals surface area (Å²) < 4.78 is 18.4. The highest BCUT2D eigenvalue weighted by Crippen LogP contribution is 2.16. The highest BCUT2D eigenvalue weighted by molar-refractivity contribution is 6.09. The molecule has 4 heteroatoms. The molecule has 0 aliphatic rings. The molecule has 0 fully saturated rings. The molecule has 0 aromatic heterocycles. The van der Waals surface area contributed by atoms with Crippen LogP contribution in [0.3, 0.4) is 0 Å². The maximum Gasteiger partial charge on any atom is 0.200 e. The molecule has 0 spiro atoms. The Morgan fingerprint density at radius 3 is 1.88 bits per heavy atom. The van der Waals surface area contributed by atoms with Crippen molar-refractivity contribution >= 4 is 11.6 Å². The van der Waals surface area contributed by atoms with Gasteiger partial charge in [0.2, 0.25) is 0 Å². The summed E-state index contributed by atoms with van der Waals surface area (Å²) in [6.07, 6.45) is 0. The van der Waals surface area contributed by atoms with Crippen molar-refractivity contribution in [2.75, 3.05) is 6.61 Å². The Balaban J connectivity index is 1.63. The van der Waals surface area contributed by atoms with Gasteiger partial charge in [0.1, 0.15) is 11.6 Å². The molecule has 0 radical (unpaired) electrons. The van der Waals surface area contributed by atoms with Crippen LogP contribution >= 0.6 is 0 Å². The number of hydrogen-bond acceptors (Lipinski definition) is 3. The number of ketones is 2. The van der Waals surface area contributed by atoms with E-state index in [1.54, 1.807) is 48.5 Å². The Kier molecular flexibility index (Phi) is 5.00. The standard InChI is InChI=1S/C21H15FO3/c22-18-10-6-16(7-11-18)21(24)17-8-12-19(13-9-17)25-14-20(23)15-4-2-1-3-5-15/h1-13H,14H2. The molecule has 0 saturated carbocycles. The Morgan fingerprint density at radius 1 is 0.720 bits per heavy atom. The third-order valence-corrected chi connectivity index (χ3v) is 3.69. The summed E-state index contributed by atoms with van der Waals surface area (Å²) in [5, 5.41) is 0. The van der Waals surface area contributed by atoms with Crippen molar-refractivity contribution < 1.29 is 18.7 Å². The van der Waals surface area contributed by atoms with E-state index >= 15 is 0 Å². The number of carbonyl (C=O) groups excluding carboxylic acids is 2. The molecular formula is C21H15FO3. The van der Waals surface area contributed by atoms with Gasteiger partial charge in [-0.25, -0.2) is 4.39 Å². The molecule has 0 aliphatic carbocycles. The highest BCUT2D eigenvalue weighted by Gasteiger charge is 2.10. The van der Waals surface area contributed by atoms with Gasteiger partial charge in [-0.15, -0.1) is 0 Å². The van der Waals surface area contributed by atoms with Gasteiger partial charge in [0.05, 0.1) is 0 Å². The number of ether oxygens (including phenoxy) is 1. The van der Waals surface area contributed by atoms with E-state index in [1.165, 1.54) is 24.3 Å². The van der Waals surface area contributed by atoms with Crippen molar-refractivity contribution in [2.45, 2.75) is 0 Å². The fourth-order valence-corrected chi connectivity index (χ4v) is 2.33. The minimum Gasteiger partial charge on any atom is -0.485 e. The summed E-state index contributed by atoms with van der Waals surface area (Å²) in [6.45, 7) is -0.0741. The normalized spacial score (nSPS) is 10.3. The van der Waals surface area contributed by atoms with E-state index in [2.05, 4.69) is 0 Å². The minimum absolute atomic E-state index is 0.0741. The van der Waals surface area contributed by atoms with Gasteiger partial charge in [-0.1, -0.05) is 30.3 Å². The minimum atomic E-state index is -0.386. The summed E-state index contributed by atoms with van der Waals surface area (Å²) in [4.78, 5) is 24.3. The van der Waals surface area contributed by atoms with E-state index in [4.69, 9.17) is 4.74 Å². The van der Waals surface area contributed by atoms with E-state index in [0.717, 1.165) is 0 Å². The molecule has 0 N–H and O–H groups in total. The third kappa shape index (κ3) is 4.18. The van der Waals surface area contributed by atoms with Crippen LogP contribution < -0.4 is 4.74 Å². The van der Waals surface area contributed by atoms with Crippen LogP contribution in [-0.4, -0.2) is 18.2 Å². The monoisotopic (exact) mass is 334 g/mol. The number of rotatable bonds is 6. The lowest BCUT2D eigenvalue weighted by Crippen LogP contribution is -2.11. The first-order valence-corrected chi connectivity index (χ1v) is 7.75. The van der Waals surface area contributed by atoms with Crippen LogP contribution in [0, 0.1) is 5.82 Å². The molecule has 3 aromatic carbocycles. The van der Waals surface area contributed by atoms with Crippen LogP contribution in [0.5, 0.6) is 5.75 Å². The summed E-state index contributed by atoms with van der Waals surface area (Å²) in [5.74, 6) is -0.206. The average molecular weight is 334 g/mol. The lowest BCUT2D eigenvalue weighted by Gasteiger charge is -2.07. The molecule has 0 bridgehead atoms. The van der Waals surface area contributed by atoms with Gasteiger partial charge in [-0.05, 0) is 48.5 Å². The Morgan fingerprint density at radius 2 is 1.28 bits per heavy atom. The quantitative estimate of drug-likeness (QED) is 0.631. The molecule has 3 aromatic rings. The van der Waals surface area contributed by atoms with Gasteiger partial charge in [-0.2, -0.15) is 0 Å². The van der Waals surface area contributed by atoms with E-state index in [0.29, 0.717) is 22.4 Å². The molecule has 124 valence electrons. The van der Waals surface area contributed by atoms with Crippen LogP contribution in [0.2, 0.25) is 0 Å². The zero-order valence-corrected chi connectivity index (χ0v) is 13.3. The van der Waals surface area contributed by atoms with Crippen molar-refractivity contribution in [3.63, 3.8) is 0 Å². The highest BCUT2D eigenvalue weighted by atomic mass is 19.1. The first-order chi connectivity index (χ1) is 12.1. The summed E-state index contributed by atoms with van der Waals surface area (Å²) in [6, 6.07) is 20.8. The van der Waals surface area contributed by atoms with Crippen molar-refractivity contribution in [3.05, 3.63) is 101 Å². The summed E-state index contributed by atoms with van der Waals surface area (Å²) in [5.41, 5.74) is 1.47. The fourth-order valence-electron chi connectivity index (χ4n) is 2.33. The smallest absolute Gasteiger partial charge is 0.200 e. The Hall–Kier alpha value is -3.27. The molecule has 3 rings (SSSR count). The van der Waals surface area contributed by atoms with Crippen molar-refractivity contribution in [1.29, 1.82) is 0 Å². The second-order valence-corrected chi connectivity index (χ2v) is 5.44. The second-order valence-electron chi connectivity index (χ2n) is 5.44. The van der Waals surface area contributed by atoms with Crippen molar-refractivity contribution in [1.82, 2.24) is 0 Å². The lowest BCUT2D eigenvalue weighted by molar-refractivity contribution is 0.0920. The molecule has 25 heavy (non-hydrogen) atoms. The van der Waals surface area contributed by atoms with Gasteiger partial charge in [0.25, 0.3) is 0 Å². The number of carbonyl (C=O) groups is 2. The van der Waals surface area contributed by atoms with Gasteiger partial charge in [0, 0.05) is 16.7 Å². The molecule has 0 atom stereocenters. The van der Waals surface area contributed by atoms with E-state index in [1.807, 2.05) is 6.07 Å². The van der Waals surface area contributed by atoms with Crippen molar-refractivity contribution in [3.8, 4) is 5.75 Å². The maximum absolute atomic E-state index is 12.9. The predicted molar refractivity (Wildman–Crippen MR) is 92.5 cm³/mol. The van der Waals surface area contributed by atoms with Gasteiger partial charge in [-0.3, -0.25) is 9.59 Å². The van der Waals surface area contributed by atoms with Crippen LogP contribution in [0.15, 0.2) is 78.9 Å². The molecular weight excluding hydrogens is 319 g/mol. The molecule has 0 aliphatic heterocycles. The van der Waals surface area contributed by atoms with Crippen LogP contribution in [0.1, 0.15) is 26.3 Å². The van der Waals surface area contributed by atoms with Gasteiger partial charge < -0.3 is 4.74 Å². The maximum atomic E-state index is 12.9. The van der Waals surface area contributed by atoms with Crippen LogP contribution in [-0.2, 0) is 0 Å². The SMILES string of the molecule is O=C(COc1ccc(C(=O)c2ccc(F)cc2)cc1)c1ccccc1. The summed E-state index contributed by atoms with van der Waals surface area (Å²) >= 11 is 0. The zero-order valence-electron chi connectivity index (χ0n) is 13.3. The van der Waals surface area contributed by atoms with Crippen molar-refractivity contribution in [2.24, 2.45) is 0 Å². The predicted octanol–water partition coefficient (Wildman–Crippen LogP) is 4.32. The third-order valence-electron chi connectivity index (χ3n) is 3.69. The average Bonchev–Trinajstić information content (AvgIpc) is 2.67. The number of benzene rings is 3. The van der Waals surface area contributed by atoms with E-state index < -0.39 is 0 Å². The molecule has 3 nitrogen and oxygen atoms in total. The molecule has 0 saturated heterocycles. The number of hydrogen-bond donors (Lipinski definition) is 0. The topological polar surface area (TPSA) is 43.4 Å². The first kappa shape index (κ1) is 16.6. The van der Waals surface area contributed by atoms with Crippen LogP contribution in [0.25, 0.3) is 0 Å². The van der Waals surface area contributed by atoms with E-state index in [9.17, 15) is 14.0 Å². The molecule has 0 unspecified atom stereocenters. The van der Waals surface area contributed by atoms with Crippen LogP contribution in [0.4, 0.5) is 4.39 Å².